The zero-order valence-corrected chi connectivity index (χ0v) is 17.7. The van der Waals surface area contributed by atoms with Gasteiger partial charge in [-0.1, -0.05) is 13.8 Å². The quantitative estimate of drug-likeness (QED) is 0.636. The van der Waals surface area contributed by atoms with Gasteiger partial charge in [-0.2, -0.15) is 5.10 Å². The summed E-state index contributed by atoms with van der Waals surface area (Å²) < 4.78 is 12.7. The minimum Gasteiger partial charge on any atom is -0.490 e. The van der Waals surface area contributed by atoms with Gasteiger partial charge in [0.1, 0.15) is 0 Å². The highest BCUT2D eigenvalue weighted by Gasteiger charge is 2.20. The molecule has 2 rings (SSSR count). The number of carbonyl (C=O) groups is 2. The van der Waals surface area contributed by atoms with Gasteiger partial charge in [0, 0.05) is 24.8 Å². The third-order valence-corrected chi connectivity index (χ3v) is 4.03. The van der Waals surface area contributed by atoms with Crippen LogP contribution < -0.4 is 20.1 Å². The Morgan fingerprint density at radius 3 is 2.38 bits per heavy atom. The fourth-order valence-corrected chi connectivity index (χ4v) is 2.61. The lowest BCUT2D eigenvalue weighted by atomic mass is 10.1. The maximum Gasteiger partial charge on any atom is 0.273 e. The summed E-state index contributed by atoms with van der Waals surface area (Å²) in [5.74, 6) is 0.719. The molecule has 0 bridgehead atoms. The predicted octanol–water partition coefficient (Wildman–Crippen LogP) is 3.34. The Balaban J connectivity index is 2.24. The van der Waals surface area contributed by atoms with Crippen LogP contribution in [0.1, 0.15) is 55.5 Å². The lowest BCUT2D eigenvalue weighted by Crippen LogP contribution is -2.28. The molecule has 0 fully saturated rings. The van der Waals surface area contributed by atoms with Crippen molar-refractivity contribution in [2.45, 2.75) is 41.2 Å². The Kier molecular flexibility index (Phi) is 8.06. The molecule has 0 saturated heterocycles. The summed E-state index contributed by atoms with van der Waals surface area (Å²) in [7, 11) is 0. The predicted molar refractivity (Wildman–Crippen MR) is 112 cm³/mol. The number of hydrogen-bond donors (Lipinski definition) is 2. The summed E-state index contributed by atoms with van der Waals surface area (Å²) in [4.78, 5) is 25.3. The van der Waals surface area contributed by atoms with Gasteiger partial charge in [0.15, 0.2) is 17.2 Å². The molecule has 8 heteroatoms. The number of rotatable bonds is 10. The van der Waals surface area contributed by atoms with E-state index in [-0.39, 0.29) is 17.5 Å². The lowest BCUT2D eigenvalue weighted by Gasteiger charge is -2.12. The van der Waals surface area contributed by atoms with Crippen molar-refractivity contribution in [3.63, 3.8) is 0 Å². The third-order valence-electron chi connectivity index (χ3n) is 4.03. The number of anilines is 1. The van der Waals surface area contributed by atoms with Crippen molar-refractivity contribution < 1.29 is 19.1 Å². The molecule has 0 aliphatic rings. The van der Waals surface area contributed by atoms with Crippen molar-refractivity contribution in [2.75, 3.05) is 25.1 Å². The van der Waals surface area contributed by atoms with E-state index in [1.807, 2.05) is 34.6 Å². The van der Waals surface area contributed by atoms with Crippen molar-refractivity contribution in [3.8, 4) is 11.5 Å². The van der Waals surface area contributed by atoms with E-state index >= 15 is 0 Å². The fraction of sp³-hybridized carbons (Fsp3) is 0.476. The molecule has 0 unspecified atom stereocenters. The highest BCUT2D eigenvalue weighted by Crippen LogP contribution is 2.29. The molecular weight excluding hydrogens is 372 g/mol. The number of carbonyl (C=O) groups excluding carboxylic acids is 2. The standard InChI is InChI=1S/C21H30N4O4/c1-6-25-13-16(19(24-25)21(27)22-12-14(4)5)23-20(26)15-9-10-17(28-7-2)18(11-15)29-8-3/h9-11,13-14H,6-8,12H2,1-5H3,(H,22,27)(H,23,26). The van der Waals surface area contributed by atoms with Gasteiger partial charge in [0.2, 0.25) is 0 Å². The molecule has 0 atom stereocenters. The second-order valence-electron chi connectivity index (χ2n) is 6.83. The van der Waals surface area contributed by atoms with Gasteiger partial charge in [-0.05, 0) is 44.9 Å². The fourth-order valence-electron chi connectivity index (χ4n) is 2.61. The molecule has 1 heterocycles. The van der Waals surface area contributed by atoms with E-state index in [0.29, 0.717) is 55.0 Å². The molecule has 1 aromatic heterocycles. The molecule has 0 spiro atoms. The topological polar surface area (TPSA) is 94.5 Å². The SMILES string of the molecule is CCOc1ccc(C(=O)Nc2cn(CC)nc2C(=O)NCC(C)C)cc1OCC. The first kappa shape index (κ1) is 22.3. The Hall–Kier alpha value is -3.03. The van der Waals surface area contributed by atoms with Crippen molar-refractivity contribution in [2.24, 2.45) is 5.92 Å². The molecule has 1 aromatic carbocycles. The molecule has 0 saturated carbocycles. The molecule has 0 aliphatic heterocycles. The first-order chi connectivity index (χ1) is 13.9. The van der Waals surface area contributed by atoms with Gasteiger partial charge in [0.05, 0.1) is 18.9 Å². The monoisotopic (exact) mass is 402 g/mol. The van der Waals surface area contributed by atoms with Crippen LogP contribution in [0.15, 0.2) is 24.4 Å². The van der Waals surface area contributed by atoms with Gasteiger partial charge in [-0.3, -0.25) is 14.3 Å². The maximum absolute atomic E-state index is 12.8. The van der Waals surface area contributed by atoms with Gasteiger partial charge < -0.3 is 20.1 Å². The van der Waals surface area contributed by atoms with Crippen LogP contribution in [0.2, 0.25) is 0 Å². The third kappa shape index (κ3) is 5.97. The first-order valence-corrected chi connectivity index (χ1v) is 9.96. The van der Waals surface area contributed by atoms with Gasteiger partial charge in [-0.25, -0.2) is 0 Å². The van der Waals surface area contributed by atoms with E-state index in [1.54, 1.807) is 29.1 Å². The van der Waals surface area contributed by atoms with Gasteiger partial charge in [-0.15, -0.1) is 0 Å². The second-order valence-corrected chi connectivity index (χ2v) is 6.83. The number of aryl methyl sites for hydroxylation is 1. The van der Waals surface area contributed by atoms with Crippen LogP contribution in [0.3, 0.4) is 0 Å². The number of nitrogens with one attached hydrogen (secondary N) is 2. The van der Waals surface area contributed by atoms with E-state index in [2.05, 4.69) is 15.7 Å². The lowest BCUT2D eigenvalue weighted by molar-refractivity contribution is 0.0944. The van der Waals surface area contributed by atoms with Crippen LogP contribution in [0.5, 0.6) is 11.5 Å². The zero-order chi connectivity index (χ0) is 21.4. The highest BCUT2D eigenvalue weighted by molar-refractivity contribution is 6.08. The normalized spacial score (nSPS) is 10.7. The molecule has 0 radical (unpaired) electrons. The molecule has 8 nitrogen and oxygen atoms in total. The van der Waals surface area contributed by atoms with Gasteiger partial charge >= 0.3 is 0 Å². The van der Waals surface area contributed by atoms with Crippen molar-refractivity contribution >= 4 is 17.5 Å². The van der Waals surface area contributed by atoms with Crippen molar-refractivity contribution in [1.82, 2.24) is 15.1 Å². The Labute approximate surface area is 171 Å². The highest BCUT2D eigenvalue weighted by atomic mass is 16.5. The first-order valence-electron chi connectivity index (χ1n) is 9.96. The number of hydrogen-bond acceptors (Lipinski definition) is 5. The van der Waals surface area contributed by atoms with Crippen LogP contribution in [0.25, 0.3) is 0 Å². The summed E-state index contributed by atoms with van der Waals surface area (Å²) in [6.07, 6.45) is 1.65. The molecule has 158 valence electrons. The summed E-state index contributed by atoms with van der Waals surface area (Å²) in [6.45, 7) is 11.7. The second kappa shape index (κ2) is 10.5. The molecular formula is C21H30N4O4. The van der Waals surface area contributed by atoms with E-state index in [9.17, 15) is 9.59 Å². The van der Waals surface area contributed by atoms with Crippen molar-refractivity contribution in [1.29, 1.82) is 0 Å². The van der Waals surface area contributed by atoms with E-state index in [1.165, 1.54) is 0 Å². The average molecular weight is 402 g/mol. The molecule has 2 aromatic rings. The number of nitrogens with zero attached hydrogens (tertiary/aromatic N) is 2. The number of amides is 2. The Morgan fingerprint density at radius 1 is 1.07 bits per heavy atom. The number of benzene rings is 1. The average Bonchev–Trinajstić information content (AvgIpc) is 3.10. The molecule has 0 aliphatic carbocycles. The zero-order valence-electron chi connectivity index (χ0n) is 17.7. The van der Waals surface area contributed by atoms with E-state index < -0.39 is 0 Å². The minimum absolute atomic E-state index is 0.191. The van der Waals surface area contributed by atoms with Crippen LogP contribution in [-0.2, 0) is 6.54 Å². The molecule has 29 heavy (non-hydrogen) atoms. The van der Waals surface area contributed by atoms with Crippen LogP contribution >= 0.6 is 0 Å². The van der Waals surface area contributed by atoms with Crippen LogP contribution in [0, 0.1) is 5.92 Å². The summed E-state index contributed by atoms with van der Waals surface area (Å²) >= 11 is 0. The van der Waals surface area contributed by atoms with Crippen LogP contribution in [-0.4, -0.2) is 41.4 Å². The minimum atomic E-state index is -0.359. The molecule has 2 N–H and O–H groups in total. The van der Waals surface area contributed by atoms with Gasteiger partial charge in [0.25, 0.3) is 11.8 Å². The maximum atomic E-state index is 12.8. The number of ether oxygens (including phenoxy) is 2. The Bertz CT molecular complexity index is 845. The van der Waals surface area contributed by atoms with E-state index in [4.69, 9.17) is 9.47 Å². The summed E-state index contributed by atoms with van der Waals surface area (Å²) in [5.41, 5.74) is 0.955. The largest absolute Gasteiger partial charge is 0.490 e. The van der Waals surface area contributed by atoms with E-state index in [0.717, 1.165) is 0 Å². The summed E-state index contributed by atoms with van der Waals surface area (Å²) in [5, 5.41) is 9.91. The Morgan fingerprint density at radius 2 is 1.76 bits per heavy atom. The van der Waals surface area contributed by atoms with Crippen LogP contribution in [0.4, 0.5) is 5.69 Å². The number of aromatic nitrogens is 2. The smallest absolute Gasteiger partial charge is 0.273 e. The summed E-state index contributed by atoms with van der Waals surface area (Å²) in [6, 6.07) is 4.99. The molecule has 2 amide bonds. The van der Waals surface area contributed by atoms with Crippen molar-refractivity contribution in [3.05, 3.63) is 35.7 Å².